The molecule has 1 unspecified atom stereocenters. The van der Waals surface area contributed by atoms with Gasteiger partial charge in [-0.3, -0.25) is 4.68 Å². The second-order valence-corrected chi connectivity index (χ2v) is 9.37. The molecule has 0 spiro atoms. The molecule has 1 atom stereocenters. The van der Waals surface area contributed by atoms with E-state index in [-0.39, 0.29) is 41.3 Å². The van der Waals surface area contributed by atoms with E-state index in [9.17, 15) is 13.2 Å². The van der Waals surface area contributed by atoms with E-state index in [1.165, 1.54) is 33.4 Å². The number of nitrogens with zero attached hydrogens (tertiary/aromatic N) is 4. The van der Waals surface area contributed by atoms with Gasteiger partial charge < -0.3 is 10.2 Å². The number of anilines is 2. The van der Waals surface area contributed by atoms with Crippen molar-refractivity contribution >= 4 is 80.4 Å². The molecule has 9 nitrogen and oxygen atoms in total. The van der Waals surface area contributed by atoms with Gasteiger partial charge in [0.05, 0.1) is 17.9 Å². The fraction of sp³-hybridized carbons (Fsp3) is 0.412. The molecular weight excluding hydrogens is 462 g/mol. The van der Waals surface area contributed by atoms with E-state index in [0.29, 0.717) is 28.7 Å². The summed E-state index contributed by atoms with van der Waals surface area (Å²) in [6.07, 6.45) is 4.58. The predicted octanol–water partition coefficient (Wildman–Crippen LogP) is 2.05. The Kier molecular flexibility index (Phi) is 8.87. The third-order valence-electron chi connectivity index (χ3n) is 4.48. The standard InChI is InChI=1S/C17H22Cl2N6O3S.Na.H/c1-23-5-3-4-15(10-23)25(16-9-20-24(2)11-16)29(27,28)22-17(26)21-14-7-12(18)6-13(19)8-14;;/h6-9,11,15H,3-5,10H2,1-2H3,(H2,21,22,26);;. The van der Waals surface area contributed by atoms with Crippen molar-refractivity contribution in [3.8, 4) is 0 Å². The summed E-state index contributed by atoms with van der Waals surface area (Å²) in [5.41, 5.74) is 0.666. The normalized spacial score (nSPS) is 17.1. The molecule has 13 heteroatoms. The first-order valence-corrected chi connectivity index (χ1v) is 11.1. The summed E-state index contributed by atoms with van der Waals surface area (Å²) in [4.78, 5) is 14.4. The van der Waals surface area contributed by atoms with E-state index in [1.807, 2.05) is 7.05 Å². The van der Waals surface area contributed by atoms with Gasteiger partial charge in [-0.2, -0.15) is 13.5 Å². The monoisotopic (exact) mass is 484 g/mol. The van der Waals surface area contributed by atoms with Gasteiger partial charge in [0.15, 0.2) is 0 Å². The van der Waals surface area contributed by atoms with Crippen LogP contribution in [0.4, 0.5) is 16.2 Å². The van der Waals surface area contributed by atoms with Crippen molar-refractivity contribution in [1.29, 1.82) is 0 Å². The van der Waals surface area contributed by atoms with Crippen molar-refractivity contribution in [3.63, 3.8) is 0 Å². The zero-order valence-corrected chi connectivity index (χ0v) is 18.3. The van der Waals surface area contributed by atoms with Crippen LogP contribution in [0.5, 0.6) is 0 Å². The van der Waals surface area contributed by atoms with Gasteiger partial charge in [-0.1, -0.05) is 23.2 Å². The van der Waals surface area contributed by atoms with Crippen LogP contribution in [0.15, 0.2) is 30.6 Å². The number of nitrogens with one attached hydrogen (secondary N) is 2. The average Bonchev–Trinajstić information content (AvgIpc) is 2.98. The van der Waals surface area contributed by atoms with Gasteiger partial charge in [-0.25, -0.2) is 13.8 Å². The third-order valence-corrected chi connectivity index (χ3v) is 6.38. The molecule has 1 fully saturated rings. The Hall–Kier alpha value is -1.01. The molecule has 2 aromatic rings. The summed E-state index contributed by atoms with van der Waals surface area (Å²) in [7, 11) is -0.567. The van der Waals surface area contributed by atoms with E-state index in [2.05, 4.69) is 20.0 Å². The number of amides is 2. The molecule has 30 heavy (non-hydrogen) atoms. The number of likely N-dealkylation sites (tertiary alicyclic amines) is 1. The first-order valence-electron chi connectivity index (χ1n) is 8.90. The van der Waals surface area contributed by atoms with E-state index in [0.717, 1.165) is 13.0 Å². The molecule has 0 aliphatic carbocycles. The van der Waals surface area contributed by atoms with Gasteiger partial charge in [0, 0.05) is 35.5 Å². The number of hydrogen-bond donors (Lipinski definition) is 2. The third kappa shape index (κ3) is 6.49. The van der Waals surface area contributed by atoms with Gasteiger partial charge in [0.25, 0.3) is 0 Å². The number of carbonyl (C=O) groups excluding carboxylic acids is 1. The molecule has 1 aliphatic rings. The Balaban J connectivity index is 0.00000320. The van der Waals surface area contributed by atoms with E-state index >= 15 is 0 Å². The fourth-order valence-corrected chi connectivity index (χ4v) is 5.19. The summed E-state index contributed by atoms with van der Waals surface area (Å²) in [6.45, 7) is 1.43. The van der Waals surface area contributed by atoms with E-state index in [4.69, 9.17) is 23.2 Å². The number of urea groups is 1. The number of halogens is 2. The molecule has 3 rings (SSSR count). The Morgan fingerprint density at radius 2 is 1.90 bits per heavy atom. The first-order chi connectivity index (χ1) is 13.6. The number of rotatable bonds is 5. The topological polar surface area (TPSA) is 99.6 Å². The number of aryl methyl sites for hydroxylation is 1. The number of carbonyl (C=O) groups is 1. The number of piperidine rings is 1. The summed E-state index contributed by atoms with van der Waals surface area (Å²) in [6, 6.07) is 3.20. The van der Waals surface area contributed by atoms with E-state index < -0.39 is 16.2 Å². The molecule has 160 valence electrons. The summed E-state index contributed by atoms with van der Waals surface area (Å²) < 4.78 is 31.1. The van der Waals surface area contributed by atoms with Crippen LogP contribution in [-0.4, -0.2) is 84.9 Å². The van der Waals surface area contributed by atoms with Crippen molar-refractivity contribution < 1.29 is 13.2 Å². The minimum absolute atomic E-state index is 0. The van der Waals surface area contributed by atoms with Gasteiger partial charge >= 0.3 is 45.8 Å². The maximum absolute atomic E-state index is 13.1. The minimum atomic E-state index is -4.20. The first kappa shape index (κ1) is 25.3. The molecule has 0 radical (unpaired) electrons. The van der Waals surface area contributed by atoms with Crippen molar-refractivity contribution in [2.45, 2.75) is 18.9 Å². The predicted molar refractivity (Wildman–Crippen MR) is 121 cm³/mol. The molecule has 1 aromatic heterocycles. The van der Waals surface area contributed by atoms with Crippen LogP contribution in [0.1, 0.15) is 12.8 Å². The molecule has 1 saturated heterocycles. The van der Waals surface area contributed by atoms with Crippen molar-refractivity contribution in [2.75, 3.05) is 29.8 Å². The van der Waals surface area contributed by atoms with Crippen molar-refractivity contribution in [2.24, 2.45) is 7.05 Å². The van der Waals surface area contributed by atoms with Gasteiger partial charge in [0.2, 0.25) is 0 Å². The van der Waals surface area contributed by atoms with Crippen molar-refractivity contribution in [1.82, 2.24) is 19.4 Å². The average molecular weight is 485 g/mol. The Morgan fingerprint density at radius 3 is 2.47 bits per heavy atom. The van der Waals surface area contributed by atoms with Gasteiger partial charge in [0.1, 0.15) is 0 Å². The molecule has 1 aromatic carbocycles. The summed E-state index contributed by atoms with van der Waals surface area (Å²) in [5, 5.41) is 7.15. The van der Waals surface area contributed by atoms with Crippen LogP contribution in [0.2, 0.25) is 10.0 Å². The van der Waals surface area contributed by atoms with Crippen LogP contribution in [0.3, 0.4) is 0 Å². The van der Waals surface area contributed by atoms with Crippen LogP contribution >= 0.6 is 23.2 Å². The Morgan fingerprint density at radius 1 is 1.23 bits per heavy atom. The zero-order valence-electron chi connectivity index (χ0n) is 16.0. The molecule has 0 bridgehead atoms. The quantitative estimate of drug-likeness (QED) is 0.632. The molecule has 2 N–H and O–H groups in total. The van der Waals surface area contributed by atoms with Crippen LogP contribution in [-0.2, 0) is 17.3 Å². The van der Waals surface area contributed by atoms with E-state index in [1.54, 1.807) is 13.2 Å². The van der Waals surface area contributed by atoms with Crippen LogP contribution < -0.4 is 14.3 Å². The molecule has 0 saturated carbocycles. The Bertz CT molecular complexity index is 983. The number of aromatic nitrogens is 2. The van der Waals surface area contributed by atoms with Gasteiger partial charge in [-0.15, -0.1) is 0 Å². The SMILES string of the molecule is CN1CCCC(N(c2cnn(C)c2)S(=O)(=O)NC(=O)Nc2cc(Cl)cc(Cl)c2)C1.[NaH]. The number of likely N-dealkylation sites (N-methyl/N-ethyl adjacent to an activating group) is 1. The molecular formula is C17H23Cl2N6NaO3S. The second-order valence-electron chi connectivity index (χ2n) is 6.95. The Labute approximate surface area is 208 Å². The molecule has 1 aliphatic heterocycles. The molecule has 2 amide bonds. The fourth-order valence-electron chi connectivity index (χ4n) is 3.35. The maximum atomic E-state index is 13.1. The second kappa shape index (κ2) is 10.5. The van der Waals surface area contributed by atoms with Gasteiger partial charge in [-0.05, 0) is 44.6 Å². The van der Waals surface area contributed by atoms with Crippen LogP contribution in [0.25, 0.3) is 0 Å². The number of hydrogen-bond acceptors (Lipinski definition) is 5. The number of benzene rings is 1. The summed E-state index contributed by atoms with van der Waals surface area (Å²) in [5.74, 6) is 0. The zero-order chi connectivity index (χ0) is 21.2. The van der Waals surface area contributed by atoms with Crippen LogP contribution in [0, 0.1) is 0 Å². The van der Waals surface area contributed by atoms with Crippen molar-refractivity contribution in [3.05, 3.63) is 40.6 Å². The molecule has 2 heterocycles. The summed E-state index contributed by atoms with van der Waals surface area (Å²) >= 11 is 11.8.